The molecule has 27 heavy (non-hydrogen) atoms. The van der Waals surface area contributed by atoms with Crippen molar-refractivity contribution in [2.75, 3.05) is 5.73 Å². The molecular formula is C23H27ClN2O. The summed E-state index contributed by atoms with van der Waals surface area (Å²) in [4.78, 5) is 13.1. The summed E-state index contributed by atoms with van der Waals surface area (Å²) in [7, 11) is 0. The molecule has 4 heteroatoms. The van der Waals surface area contributed by atoms with Crippen LogP contribution in [0.15, 0.2) is 42.5 Å². The summed E-state index contributed by atoms with van der Waals surface area (Å²) in [5.41, 5.74) is 12.3. The lowest BCUT2D eigenvalue weighted by atomic mass is 9.78. The minimum absolute atomic E-state index is 0. The molecule has 2 aromatic rings. The van der Waals surface area contributed by atoms with Gasteiger partial charge < -0.3 is 11.1 Å². The van der Waals surface area contributed by atoms with E-state index in [9.17, 15) is 4.79 Å². The highest BCUT2D eigenvalue weighted by atomic mass is 35.5. The van der Waals surface area contributed by atoms with E-state index in [0.717, 1.165) is 44.2 Å². The highest BCUT2D eigenvalue weighted by molar-refractivity contribution is 5.85. The number of nitrogens with one attached hydrogen (secondary N) is 1. The molecule has 5 rings (SSSR count). The average molecular weight is 383 g/mol. The number of nitrogen functional groups attached to an aromatic ring is 1. The molecule has 1 spiro atoms. The molecule has 3 nitrogen and oxygen atoms in total. The number of carbonyl (C=O) groups is 1. The number of carbonyl (C=O) groups excluding carboxylic acids is 1. The number of aryl methyl sites for hydroxylation is 2. The first-order chi connectivity index (χ1) is 12.7. The Balaban J connectivity index is 0.00000180. The van der Waals surface area contributed by atoms with E-state index in [2.05, 4.69) is 41.7 Å². The second-order valence-corrected chi connectivity index (χ2v) is 8.34. The van der Waals surface area contributed by atoms with Crippen molar-refractivity contribution in [3.8, 4) is 0 Å². The Bertz CT molecular complexity index is 880. The lowest BCUT2D eigenvalue weighted by Crippen LogP contribution is -2.34. The lowest BCUT2D eigenvalue weighted by Gasteiger charge is -2.29. The highest BCUT2D eigenvalue weighted by Gasteiger charge is 2.60. The molecule has 3 atom stereocenters. The Kier molecular flexibility index (Phi) is 4.67. The van der Waals surface area contributed by atoms with Gasteiger partial charge in [-0.1, -0.05) is 30.3 Å². The number of hydrogen-bond donors (Lipinski definition) is 2. The standard InChI is InChI=1S/C23H26N2O.ClH/c24-17-10-11-18-16(13-17)6-3-9-21(18)25-22(26)20-14-23(20)12-4-7-15-5-1-2-8-19(15)23;/h1-2,5,8,10-11,13,20-21H,3-4,6-7,9,12,14,24H2,(H,25,26);1H. The van der Waals surface area contributed by atoms with Gasteiger partial charge in [0.2, 0.25) is 5.91 Å². The van der Waals surface area contributed by atoms with Gasteiger partial charge in [-0.15, -0.1) is 12.4 Å². The normalized spacial score (nSPS) is 27.9. The molecular weight excluding hydrogens is 356 g/mol. The number of benzene rings is 2. The van der Waals surface area contributed by atoms with Crippen LogP contribution in [0.2, 0.25) is 0 Å². The molecule has 1 saturated carbocycles. The van der Waals surface area contributed by atoms with Crippen molar-refractivity contribution >= 4 is 24.0 Å². The maximum atomic E-state index is 13.1. The molecule has 3 aliphatic rings. The van der Waals surface area contributed by atoms with Gasteiger partial charge in [0.15, 0.2) is 0 Å². The quantitative estimate of drug-likeness (QED) is 0.752. The van der Waals surface area contributed by atoms with Gasteiger partial charge in [-0.3, -0.25) is 4.79 Å². The lowest BCUT2D eigenvalue weighted by molar-refractivity contribution is -0.123. The molecule has 1 amide bonds. The summed E-state index contributed by atoms with van der Waals surface area (Å²) in [6, 6.07) is 15.0. The third-order valence-corrected chi connectivity index (χ3v) is 6.81. The number of anilines is 1. The van der Waals surface area contributed by atoms with E-state index in [-0.39, 0.29) is 35.7 Å². The largest absolute Gasteiger partial charge is 0.399 e. The maximum absolute atomic E-state index is 13.1. The number of rotatable bonds is 2. The Morgan fingerprint density at radius 2 is 1.89 bits per heavy atom. The first-order valence-corrected chi connectivity index (χ1v) is 9.94. The van der Waals surface area contributed by atoms with E-state index in [0.29, 0.717) is 0 Å². The van der Waals surface area contributed by atoms with Crippen LogP contribution in [-0.2, 0) is 23.1 Å². The van der Waals surface area contributed by atoms with Gasteiger partial charge in [0.1, 0.15) is 0 Å². The predicted octanol–water partition coefficient (Wildman–Crippen LogP) is 4.48. The molecule has 1 fully saturated rings. The molecule has 2 aromatic carbocycles. The van der Waals surface area contributed by atoms with Gasteiger partial charge in [-0.2, -0.15) is 0 Å². The Morgan fingerprint density at radius 1 is 1.07 bits per heavy atom. The zero-order chi connectivity index (χ0) is 17.7. The summed E-state index contributed by atoms with van der Waals surface area (Å²) in [6.07, 6.45) is 7.72. The van der Waals surface area contributed by atoms with Crippen molar-refractivity contribution in [3.05, 3.63) is 64.7 Å². The van der Waals surface area contributed by atoms with Crippen molar-refractivity contribution in [2.24, 2.45) is 5.92 Å². The van der Waals surface area contributed by atoms with E-state index >= 15 is 0 Å². The number of hydrogen-bond acceptors (Lipinski definition) is 2. The monoisotopic (exact) mass is 382 g/mol. The Hall–Kier alpha value is -2.00. The van der Waals surface area contributed by atoms with Gasteiger partial charge in [0.25, 0.3) is 0 Å². The van der Waals surface area contributed by atoms with Crippen molar-refractivity contribution in [1.82, 2.24) is 5.32 Å². The van der Waals surface area contributed by atoms with Gasteiger partial charge in [-0.25, -0.2) is 0 Å². The van der Waals surface area contributed by atoms with E-state index in [1.807, 2.05) is 6.07 Å². The Labute approximate surface area is 167 Å². The zero-order valence-electron chi connectivity index (χ0n) is 15.5. The summed E-state index contributed by atoms with van der Waals surface area (Å²) in [5.74, 6) is 0.388. The van der Waals surface area contributed by atoms with E-state index in [4.69, 9.17) is 5.73 Å². The van der Waals surface area contributed by atoms with Crippen molar-refractivity contribution in [1.29, 1.82) is 0 Å². The SMILES string of the molecule is Cl.Nc1ccc2c(c1)CCCC2NC(=O)C1CC12CCCc1ccccc12. The van der Waals surface area contributed by atoms with Gasteiger partial charge in [-0.05, 0) is 79.3 Å². The summed E-state index contributed by atoms with van der Waals surface area (Å²) in [6.45, 7) is 0. The van der Waals surface area contributed by atoms with Crippen LogP contribution < -0.4 is 11.1 Å². The summed E-state index contributed by atoms with van der Waals surface area (Å²) >= 11 is 0. The molecule has 3 unspecified atom stereocenters. The van der Waals surface area contributed by atoms with Gasteiger partial charge in [0.05, 0.1) is 6.04 Å². The predicted molar refractivity (Wildman–Crippen MR) is 111 cm³/mol. The number of amides is 1. The summed E-state index contributed by atoms with van der Waals surface area (Å²) in [5, 5.41) is 3.38. The van der Waals surface area contributed by atoms with Crippen molar-refractivity contribution in [3.63, 3.8) is 0 Å². The molecule has 0 bridgehead atoms. The highest BCUT2D eigenvalue weighted by Crippen LogP contribution is 2.60. The fraction of sp³-hybridized carbons (Fsp3) is 0.435. The van der Waals surface area contributed by atoms with Crippen LogP contribution in [0, 0.1) is 5.92 Å². The molecule has 3 aliphatic carbocycles. The third kappa shape index (κ3) is 3.02. The third-order valence-electron chi connectivity index (χ3n) is 6.81. The van der Waals surface area contributed by atoms with Crippen molar-refractivity contribution in [2.45, 2.75) is 56.4 Å². The maximum Gasteiger partial charge on any atom is 0.224 e. The van der Waals surface area contributed by atoms with Gasteiger partial charge in [0, 0.05) is 17.0 Å². The number of nitrogens with two attached hydrogens (primary N) is 1. The molecule has 142 valence electrons. The minimum atomic E-state index is 0. The van der Waals surface area contributed by atoms with Crippen LogP contribution in [0.1, 0.15) is 60.4 Å². The van der Waals surface area contributed by atoms with Crippen LogP contribution in [0.4, 0.5) is 5.69 Å². The molecule has 3 N–H and O–H groups in total. The smallest absolute Gasteiger partial charge is 0.224 e. The zero-order valence-corrected chi connectivity index (χ0v) is 16.4. The first-order valence-electron chi connectivity index (χ1n) is 9.94. The average Bonchev–Trinajstić information content (AvgIpc) is 3.37. The fourth-order valence-corrected chi connectivity index (χ4v) is 5.43. The van der Waals surface area contributed by atoms with E-state index in [1.54, 1.807) is 0 Å². The van der Waals surface area contributed by atoms with E-state index in [1.165, 1.54) is 28.7 Å². The van der Waals surface area contributed by atoms with Crippen molar-refractivity contribution < 1.29 is 4.79 Å². The molecule has 0 saturated heterocycles. The number of halogens is 1. The molecule has 0 aromatic heterocycles. The van der Waals surface area contributed by atoms with Crippen LogP contribution >= 0.6 is 12.4 Å². The fourth-order valence-electron chi connectivity index (χ4n) is 5.43. The van der Waals surface area contributed by atoms with E-state index < -0.39 is 0 Å². The van der Waals surface area contributed by atoms with Crippen LogP contribution in [0.3, 0.4) is 0 Å². The second-order valence-electron chi connectivity index (χ2n) is 8.34. The van der Waals surface area contributed by atoms with Crippen LogP contribution in [0.5, 0.6) is 0 Å². The minimum Gasteiger partial charge on any atom is -0.399 e. The van der Waals surface area contributed by atoms with Crippen LogP contribution in [-0.4, -0.2) is 5.91 Å². The van der Waals surface area contributed by atoms with Crippen LogP contribution in [0.25, 0.3) is 0 Å². The molecule has 0 heterocycles. The summed E-state index contributed by atoms with van der Waals surface area (Å²) < 4.78 is 0. The first kappa shape index (κ1) is 18.4. The number of fused-ring (bicyclic) bond motifs is 3. The Morgan fingerprint density at radius 3 is 2.78 bits per heavy atom. The topological polar surface area (TPSA) is 55.1 Å². The molecule has 0 radical (unpaired) electrons. The molecule has 0 aliphatic heterocycles. The van der Waals surface area contributed by atoms with Gasteiger partial charge >= 0.3 is 0 Å². The second kappa shape index (κ2) is 6.87.